The van der Waals surface area contributed by atoms with Crippen molar-refractivity contribution in [1.29, 1.82) is 0 Å². The summed E-state index contributed by atoms with van der Waals surface area (Å²) in [4.78, 5) is 22.7. The van der Waals surface area contributed by atoms with Crippen LogP contribution in [0.25, 0.3) is 0 Å². The molecule has 2 heterocycles. The topological polar surface area (TPSA) is 67.4 Å². The minimum Gasteiger partial charge on any atom is -0.378 e. The molecule has 1 saturated carbocycles. The molecular formula is C15H22N4O2S. The van der Waals surface area contributed by atoms with Crippen molar-refractivity contribution in [2.45, 2.75) is 36.8 Å². The Morgan fingerprint density at radius 1 is 1.32 bits per heavy atom. The van der Waals surface area contributed by atoms with Crippen LogP contribution in [0.3, 0.4) is 0 Å². The maximum absolute atomic E-state index is 12.0. The highest BCUT2D eigenvalue weighted by atomic mass is 32.2. The molecule has 0 unspecified atom stereocenters. The Morgan fingerprint density at radius 2 is 2.09 bits per heavy atom. The Labute approximate surface area is 135 Å². The van der Waals surface area contributed by atoms with Crippen molar-refractivity contribution >= 4 is 23.5 Å². The van der Waals surface area contributed by atoms with E-state index in [-0.39, 0.29) is 5.91 Å². The summed E-state index contributed by atoms with van der Waals surface area (Å²) >= 11 is 1.47. The minimum atomic E-state index is 0.100. The molecule has 7 heteroatoms. The van der Waals surface area contributed by atoms with E-state index in [1.807, 2.05) is 6.07 Å². The molecule has 1 saturated heterocycles. The van der Waals surface area contributed by atoms with E-state index in [2.05, 4.69) is 20.2 Å². The summed E-state index contributed by atoms with van der Waals surface area (Å²) in [5.74, 6) is 1.43. The van der Waals surface area contributed by atoms with Crippen LogP contribution in [0.5, 0.6) is 0 Å². The number of ether oxygens (including phenoxy) is 1. The zero-order valence-corrected chi connectivity index (χ0v) is 13.5. The Bertz CT molecular complexity index is 502. The average Bonchev–Trinajstić information content (AvgIpc) is 3.07. The summed E-state index contributed by atoms with van der Waals surface area (Å²) in [5.41, 5.74) is 0. The molecule has 2 fully saturated rings. The fourth-order valence-electron chi connectivity index (χ4n) is 2.85. The van der Waals surface area contributed by atoms with E-state index in [1.165, 1.54) is 24.6 Å². The van der Waals surface area contributed by atoms with Crippen molar-refractivity contribution in [3.63, 3.8) is 0 Å². The lowest BCUT2D eigenvalue weighted by atomic mass is 10.2. The molecule has 22 heavy (non-hydrogen) atoms. The molecule has 1 aromatic heterocycles. The Kier molecular flexibility index (Phi) is 5.50. The van der Waals surface area contributed by atoms with Crippen molar-refractivity contribution in [1.82, 2.24) is 15.3 Å². The number of hydrogen-bond acceptors (Lipinski definition) is 6. The summed E-state index contributed by atoms with van der Waals surface area (Å²) in [6.45, 7) is 3.17. The number of amides is 1. The molecule has 3 rings (SSSR count). The summed E-state index contributed by atoms with van der Waals surface area (Å²) in [6, 6.07) is 2.33. The lowest BCUT2D eigenvalue weighted by molar-refractivity contribution is -0.119. The molecule has 1 N–H and O–H groups in total. The van der Waals surface area contributed by atoms with E-state index in [4.69, 9.17) is 4.74 Å². The van der Waals surface area contributed by atoms with Crippen molar-refractivity contribution in [2.75, 3.05) is 37.0 Å². The van der Waals surface area contributed by atoms with Crippen LogP contribution in [-0.4, -0.2) is 54.0 Å². The van der Waals surface area contributed by atoms with E-state index in [0.29, 0.717) is 11.8 Å². The lowest BCUT2D eigenvalue weighted by Crippen LogP contribution is -2.36. The van der Waals surface area contributed by atoms with Crippen LogP contribution in [-0.2, 0) is 9.53 Å². The zero-order valence-electron chi connectivity index (χ0n) is 12.7. The molecule has 1 aliphatic carbocycles. The number of nitrogens with one attached hydrogen (secondary N) is 1. The number of anilines is 1. The van der Waals surface area contributed by atoms with Gasteiger partial charge in [-0.3, -0.25) is 4.79 Å². The van der Waals surface area contributed by atoms with Crippen LogP contribution in [0.4, 0.5) is 5.82 Å². The van der Waals surface area contributed by atoms with E-state index >= 15 is 0 Å². The van der Waals surface area contributed by atoms with E-state index < -0.39 is 0 Å². The second kappa shape index (κ2) is 7.78. The number of hydrogen-bond donors (Lipinski definition) is 1. The Balaban J connectivity index is 1.50. The third kappa shape index (κ3) is 4.33. The summed E-state index contributed by atoms with van der Waals surface area (Å²) < 4.78 is 5.35. The standard InChI is InChI=1S/C15H22N4O2S/c20-14(18-12-3-1-2-4-12)10-22-15-9-13(16-11-17-15)19-5-7-21-8-6-19/h9,11-12H,1-8,10H2,(H,18,20). The van der Waals surface area contributed by atoms with Crippen molar-refractivity contribution in [3.05, 3.63) is 12.4 Å². The smallest absolute Gasteiger partial charge is 0.230 e. The van der Waals surface area contributed by atoms with Gasteiger partial charge in [0.15, 0.2) is 0 Å². The highest BCUT2D eigenvalue weighted by Gasteiger charge is 2.17. The number of thioether (sulfide) groups is 1. The molecule has 0 spiro atoms. The van der Waals surface area contributed by atoms with E-state index in [0.717, 1.165) is 50.0 Å². The number of carbonyl (C=O) groups excluding carboxylic acids is 1. The van der Waals surface area contributed by atoms with Gasteiger partial charge in [0.25, 0.3) is 0 Å². The molecule has 1 aromatic rings. The summed E-state index contributed by atoms with van der Waals surface area (Å²) in [6.07, 6.45) is 6.26. The van der Waals surface area contributed by atoms with Crippen molar-refractivity contribution in [2.24, 2.45) is 0 Å². The third-order valence-corrected chi connectivity index (χ3v) is 4.96. The van der Waals surface area contributed by atoms with Gasteiger partial charge >= 0.3 is 0 Å². The second-order valence-corrected chi connectivity index (χ2v) is 6.65. The normalized spacial score (nSPS) is 19.4. The molecule has 1 aliphatic heterocycles. The molecule has 0 atom stereocenters. The summed E-state index contributed by atoms with van der Waals surface area (Å²) in [5, 5.41) is 3.94. The van der Waals surface area contributed by atoms with Gasteiger partial charge < -0.3 is 15.0 Å². The number of rotatable bonds is 5. The van der Waals surface area contributed by atoms with Crippen LogP contribution in [0.15, 0.2) is 17.4 Å². The summed E-state index contributed by atoms with van der Waals surface area (Å²) in [7, 11) is 0. The van der Waals surface area contributed by atoms with E-state index in [1.54, 1.807) is 6.33 Å². The first kappa shape index (κ1) is 15.6. The fourth-order valence-corrected chi connectivity index (χ4v) is 3.53. The van der Waals surface area contributed by atoms with Crippen LogP contribution < -0.4 is 10.2 Å². The van der Waals surface area contributed by atoms with Gasteiger partial charge in [0, 0.05) is 25.2 Å². The van der Waals surface area contributed by atoms with Crippen LogP contribution in [0, 0.1) is 0 Å². The zero-order chi connectivity index (χ0) is 15.2. The number of morpholine rings is 1. The van der Waals surface area contributed by atoms with Gasteiger partial charge in [-0.25, -0.2) is 9.97 Å². The maximum Gasteiger partial charge on any atom is 0.230 e. The first-order chi connectivity index (χ1) is 10.8. The maximum atomic E-state index is 12.0. The van der Waals surface area contributed by atoms with Crippen molar-refractivity contribution < 1.29 is 9.53 Å². The Hall–Kier alpha value is -1.34. The second-order valence-electron chi connectivity index (χ2n) is 5.65. The highest BCUT2D eigenvalue weighted by molar-refractivity contribution is 7.99. The number of aromatic nitrogens is 2. The van der Waals surface area contributed by atoms with Gasteiger partial charge in [-0.15, -0.1) is 0 Å². The van der Waals surface area contributed by atoms with Crippen molar-refractivity contribution in [3.8, 4) is 0 Å². The quantitative estimate of drug-likeness (QED) is 0.654. The van der Waals surface area contributed by atoms with Gasteiger partial charge in [0.2, 0.25) is 5.91 Å². The molecule has 0 bridgehead atoms. The molecule has 2 aliphatic rings. The average molecular weight is 322 g/mol. The number of nitrogens with zero attached hydrogens (tertiary/aromatic N) is 3. The number of carbonyl (C=O) groups is 1. The van der Waals surface area contributed by atoms with Gasteiger partial charge in [0.1, 0.15) is 17.2 Å². The van der Waals surface area contributed by atoms with Crippen LogP contribution >= 0.6 is 11.8 Å². The first-order valence-electron chi connectivity index (χ1n) is 7.88. The largest absolute Gasteiger partial charge is 0.378 e. The predicted octanol–water partition coefficient (Wildman–Crippen LogP) is 1.46. The lowest BCUT2D eigenvalue weighted by Gasteiger charge is -2.27. The van der Waals surface area contributed by atoms with Crippen LogP contribution in [0.2, 0.25) is 0 Å². The molecule has 120 valence electrons. The minimum absolute atomic E-state index is 0.100. The highest BCUT2D eigenvalue weighted by Crippen LogP contribution is 2.21. The molecular weight excluding hydrogens is 300 g/mol. The Morgan fingerprint density at radius 3 is 2.86 bits per heavy atom. The van der Waals surface area contributed by atoms with Gasteiger partial charge in [-0.05, 0) is 12.8 Å². The third-order valence-electron chi connectivity index (χ3n) is 4.03. The van der Waals surface area contributed by atoms with Gasteiger partial charge in [-0.1, -0.05) is 24.6 Å². The molecule has 0 aromatic carbocycles. The van der Waals surface area contributed by atoms with Gasteiger partial charge in [0.05, 0.1) is 19.0 Å². The van der Waals surface area contributed by atoms with E-state index in [9.17, 15) is 4.79 Å². The van der Waals surface area contributed by atoms with Gasteiger partial charge in [-0.2, -0.15) is 0 Å². The fraction of sp³-hybridized carbons (Fsp3) is 0.667. The van der Waals surface area contributed by atoms with Crippen LogP contribution in [0.1, 0.15) is 25.7 Å². The molecule has 1 amide bonds. The first-order valence-corrected chi connectivity index (χ1v) is 8.87. The molecule has 0 radical (unpaired) electrons. The predicted molar refractivity (Wildman–Crippen MR) is 86.2 cm³/mol. The molecule has 6 nitrogen and oxygen atoms in total. The monoisotopic (exact) mass is 322 g/mol. The SMILES string of the molecule is O=C(CSc1cc(N2CCOCC2)ncn1)NC1CCCC1.